The highest BCUT2D eigenvalue weighted by molar-refractivity contribution is 7.20. The number of benzene rings is 1. The molecule has 10 heteroatoms. The summed E-state index contributed by atoms with van der Waals surface area (Å²) < 4.78 is 18.9. The number of pyridine rings is 1. The van der Waals surface area contributed by atoms with Crippen LogP contribution in [0.1, 0.15) is 24.3 Å². The predicted molar refractivity (Wildman–Crippen MR) is 125 cm³/mol. The van der Waals surface area contributed by atoms with Gasteiger partial charge in [0, 0.05) is 24.8 Å². The predicted octanol–water partition coefficient (Wildman–Crippen LogP) is 3.33. The van der Waals surface area contributed by atoms with E-state index in [1.54, 1.807) is 44.2 Å². The Morgan fingerprint density at radius 3 is 2.52 bits per heavy atom. The zero-order chi connectivity index (χ0) is 23.4. The van der Waals surface area contributed by atoms with Gasteiger partial charge in [-0.3, -0.25) is 19.9 Å². The van der Waals surface area contributed by atoms with E-state index in [4.69, 9.17) is 4.74 Å². The Bertz CT molecular complexity index is 1130. The topological polar surface area (TPSA) is 96.5 Å². The molecular weight excluding hydrogens is 445 g/mol. The number of nitrogens with one attached hydrogen (secondary N) is 2. The number of amides is 2. The quantitative estimate of drug-likeness (QED) is 0.575. The van der Waals surface area contributed by atoms with E-state index >= 15 is 0 Å². The van der Waals surface area contributed by atoms with Crippen LogP contribution in [0, 0.1) is 5.82 Å². The number of morpholine rings is 1. The lowest BCUT2D eigenvalue weighted by Gasteiger charge is -2.28. The highest BCUT2D eigenvalue weighted by Crippen LogP contribution is 2.39. The molecule has 0 saturated carbocycles. The lowest BCUT2D eigenvalue weighted by Crippen LogP contribution is -2.52. The molecule has 172 valence electrons. The second-order valence-corrected chi connectivity index (χ2v) is 9.00. The summed E-state index contributed by atoms with van der Waals surface area (Å²) in [6.45, 7) is 5.79. The maximum absolute atomic E-state index is 13.5. The molecule has 33 heavy (non-hydrogen) atoms. The Kier molecular flexibility index (Phi) is 6.66. The molecule has 2 amide bonds. The Hall–Kier alpha value is -3.37. The summed E-state index contributed by atoms with van der Waals surface area (Å²) in [4.78, 5) is 36.3. The number of nitrogens with zero attached hydrogens (tertiary/aromatic N) is 3. The minimum Gasteiger partial charge on any atom is -0.378 e. The average Bonchev–Trinajstić information content (AvgIpc) is 3.24. The third-order valence-corrected chi connectivity index (χ3v) is 6.17. The molecule has 0 unspecified atom stereocenters. The van der Waals surface area contributed by atoms with E-state index in [-0.39, 0.29) is 11.5 Å². The summed E-state index contributed by atoms with van der Waals surface area (Å²) in [7, 11) is 0. The summed E-state index contributed by atoms with van der Waals surface area (Å²) in [5, 5.41) is 6.79. The molecular formula is C23H24FN5O3S. The first-order chi connectivity index (χ1) is 15.8. The van der Waals surface area contributed by atoms with Crippen molar-refractivity contribution in [2.45, 2.75) is 19.4 Å². The number of thiazole rings is 1. The first-order valence-electron chi connectivity index (χ1n) is 10.5. The first kappa shape index (κ1) is 22.8. The van der Waals surface area contributed by atoms with Crippen LogP contribution in [-0.4, -0.2) is 53.6 Å². The number of rotatable bonds is 6. The second-order valence-electron chi connectivity index (χ2n) is 8.03. The molecule has 0 aliphatic carbocycles. The van der Waals surface area contributed by atoms with E-state index in [1.165, 1.54) is 29.7 Å². The van der Waals surface area contributed by atoms with Crippen molar-refractivity contribution in [2.75, 3.05) is 36.5 Å². The third-order valence-electron chi connectivity index (χ3n) is 5.14. The molecule has 2 N–H and O–H groups in total. The maximum Gasteiger partial charge on any atom is 0.270 e. The van der Waals surface area contributed by atoms with Gasteiger partial charge in [0.25, 0.3) is 11.8 Å². The summed E-state index contributed by atoms with van der Waals surface area (Å²) in [5.41, 5.74) is 0.417. The fraction of sp³-hybridized carbons (Fsp3) is 0.304. The summed E-state index contributed by atoms with van der Waals surface area (Å²) in [5.74, 6) is -1.20. The minimum absolute atomic E-state index is 0.223. The molecule has 1 aromatic carbocycles. The van der Waals surface area contributed by atoms with Crippen molar-refractivity contribution in [2.24, 2.45) is 0 Å². The molecule has 1 aliphatic rings. The Morgan fingerprint density at radius 2 is 1.85 bits per heavy atom. The van der Waals surface area contributed by atoms with Crippen molar-refractivity contribution < 1.29 is 18.7 Å². The van der Waals surface area contributed by atoms with Crippen LogP contribution in [0.25, 0.3) is 11.3 Å². The van der Waals surface area contributed by atoms with Crippen molar-refractivity contribution in [3.8, 4) is 11.3 Å². The molecule has 0 atom stereocenters. The van der Waals surface area contributed by atoms with Crippen LogP contribution in [0.5, 0.6) is 0 Å². The highest BCUT2D eigenvalue weighted by atomic mass is 32.1. The zero-order valence-electron chi connectivity index (χ0n) is 18.3. The summed E-state index contributed by atoms with van der Waals surface area (Å²) >= 11 is 1.33. The minimum atomic E-state index is -1.21. The standard InChI is InChI=1S/C23H24FN5O3S/c1-23(2,28-19(30)17-5-3-4-10-25-17)21(31)27-22-26-18(15-6-8-16(24)9-7-15)20(33-22)29-11-13-32-14-12-29/h3-10H,11-14H2,1-2H3,(H,28,30)(H,26,27,31). The van der Waals surface area contributed by atoms with E-state index in [2.05, 4.69) is 25.5 Å². The van der Waals surface area contributed by atoms with E-state index in [1.807, 2.05) is 0 Å². The Labute approximate surface area is 194 Å². The van der Waals surface area contributed by atoms with Gasteiger partial charge in [-0.05, 0) is 50.2 Å². The fourth-order valence-corrected chi connectivity index (χ4v) is 4.33. The molecule has 1 aliphatic heterocycles. The number of anilines is 2. The van der Waals surface area contributed by atoms with Crippen molar-refractivity contribution in [3.05, 3.63) is 60.2 Å². The van der Waals surface area contributed by atoms with Gasteiger partial charge < -0.3 is 15.0 Å². The van der Waals surface area contributed by atoms with Crippen LogP contribution < -0.4 is 15.5 Å². The Morgan fingerprint density at radius 1 is 1.12 bits per heavy atom. The van der Waals surface area contributed by atoms with Crippen molar-refractivity contribution in [1.82, 2.24) is 15.3 Å². The van der Waals surface area contributed by atoms with Crippen molar-refractivity contribution >= 4 is 33.3 Å². The first-order valence-corrected chi connectivity index (χ1v) is 11.3. The molecule has 1 saturated heterocycles. The third kappa shape index (κ3) is 5.35. The van der Waals surface area contributed by atoms with Gasteiger partial charge in [-0.15, -0.1) is 0 Å². The van der Waals surface area contributed by atoms with Gasteiger partial charge in [0.2, 0.25) is 0 Å². The largest absolute Gasteiger partial charge is 0.378 e. The number of halogens is 1. The number of carbonyl (C=O) groups excluding carboxylic acids is 2. The summed E-state index contributed by atoms with van der Waals surface area (Å²) in [6, 6.07) is 11.1. The number of carbonyl (C=O) groups is 2. The van der Waals surface area contributed by atoms with Gasteiger partial charge in [-0.2, -0.15) is 0 Å². The van der Waals surface area contributed by atoms with Crippen molar-refractivity contribution in [1.29, 1.82) is 0 Å². The number of aromatic nitrogens is 2. The molecule has 0 spiro atoms. The molecule has 1 fully saturated rings. The smallest absolute Gasteiger partial charge is 0.270 e. The lowest BCUT2D eigenvalue weighted by molar-refractivity contribution is -0.120. The van der Waals surface area contributed by atoms with E-state index < -0.39 is 17.4 Å². The van der Waals surface area contributed by atoms with Crippen LogP contribution in [0.3, 0.4) is 0 Å². The molecule has 0 radical (unpaired) electrons. The van der Waals surface area contributed by atoms with Crippen LogP contribution in [0.2, 0.25) is 0 Å². The fourth-order valence-electron chi connectivity index (χ4n) is 3.30. The van der Waals surface area contributed by atoms with E-state index in [0.29, 0.717) is 37.1 Å². The van der Waals surface area contributed by atoms with Gasteiger partial charge in [0.1, 0.15) is 27.7 Å². The number of ether oxygens (including phenoxy) is 1. The monoisotopic (exact) mass is 469 g/mol. The second kappa shape index (κ2) is 9.63. The van der Waals surface area contributed by atoms with Gasteiger partial charge in [-0.1, -0.05) is 17.4 Å². The normalized spacial score (nSPS) is 14.1. The van der Waals surface area contributed by atoms with Crippen molar-refractivity contribution in [3.63, 3.8) is 0 Å². The molecule has 8 nitrogen and oxygen atoms in total. The zero-order valence-corrected chi connectivity index (χ0v) is 19.1. The van der Waals surface area contributed by atoms with Gasteiger partial charge in [-0.25, -0.2) is 9.37 Å². The van der Waals surface area contributed by atoms with E-state index in [0.717, 1.165) is 10.6 Å². The highest BCUT2D eigenvalue weighted by Gasteiger charge is 2.32. The molecule has 3 heterocycles. The molecule has 0 bridgehead atoms. The molecule has 3 aromatic rings. The lowest BCUT2D eigenvalue weighted by atomic mass is 10.0. The van der Waals surface area contributed by atoms with Gasteiger partial charge >= 0.3 is 0 Å². The number of hydrogen-bond acceptors (Lipinski definition) is 7. The van der Waals surface area contributed by atoms with Crippen LogP contribution >= 0.6 is 11.3 Å². The summed E-state index contributed by atoms with van der Waals surface area (Å²) in [6.07, 6.45) is 1.52. The number of hydrogen-bond donors (Lipinski definition) is 2. The van der Waals surface area contributed by atoms with Gasteiger partial charge in [0.15, 0.2) is 5.13 Å². The maximum atomic E-state index is 13.5. The SMILES string of the molecule is CC(C)(NC(=O)c1ccccn1)C(=O)Nc1nc(-c2ccc(F)cc2)c(N2CCOCC2)s1. The van der Waals surface area contributed by atoms with Crippen LogP contribution in [0.15, 0.2) is 48.7 Å². The molecule has 2 aromatic heterocycles. The average molecular weight is 470 g/mol. The Balaban J connectivity index is 1.56. The van der Waals surface area contributed by atoms with E-state index in [9.17, 15) is 14.0 Å². The molecule has 4 rings (SSSR count). The van der Waals surface area contributed by atoms with Crippen LogP contribution in [0.4, 0.5) is 14.5 Å². The van der Waals surface area contributed by atoms with Crippen LogP contribution in [-0.2, 0) is 9.53 Å². The van der Waals surface area contributed by atoms with Gasteiger partial charge in [0.05, 0.1) is 13.2 Å².